The molecule has 3 aromatic rings. The number of amides is 3. The number of benzene rings is 3. The van der Waals surface area contributed by atoms with Gasteiger partial charge in [0.25, 0.3) is 18.3 Å². The van der Waals surface area contributed by atoms with Crippen LogP contribution in [-0.2, 0) is 9.59 Å². The molecule has 0 spiro atoms. The monoisotopic (exact) mass is 629 g/mol. The zero-order valence-electron chi connectivity index (χ0n) is 22.4. The van der Waals surface area contributed by atoms with Crippen molar-refractivity contribution in [3.05, 3.63) is 87.9 Å². The molecule has 0 aliphatic carbocycles. The smallest absolute Gasteiger partial charge is 0.290 e. The van der Waals surface area contributed by atoms with Crippen LogP contribution >= 0.6 is 35.0 Å². The topological polar surface area (TPSA) is 149 Å². The van der Waals surface area contributed by atoms with Crippen LogP contribution in [0.1, 0.15) is 27.1 Å². The molecule has 0 saturated heterocycles. The summed E-state index contributed by atoms with van der Waals surface area (Å²) in [6, 6.07) is 20.0. The molecule has 1 heterocycles. The minimum atomic E-state index is -0.446. The van der Waals surface area contributed by atoms with Gasteiger partial charge in [-0.15, -0.1) is 0 Å². The van der Waals surface area contributed by atoms with Crippen molar-refractivity contribution in [1.29, 1.82) is 0 Å². The van der Waals surface area contributed by atoms with Gasteiger partial charge < -0.3 is 26.4 Å². The highest BCUT2D eigenvalue weighted by Crippen LogP contribution is 2.31. The van der Waals surface area contributed by atoms with Crippen LogP contribution in [0.4, 0.5) is 5.69 Å². The number of carbonyl (C=O) groups is 4. The van der Waals surface area contributed by atoms with Gasteiger partial charge in [0.15, 0.2) is 5.17 Å². The summed E-state index contributed by atoms with van der Waals surface area (Å²) >= 11 is 14.4. The van der Waals surface area contributed by atoms with Gasteiger partial charge in [0, 0.05) is 36.6 Å². The van der Waals surface area contributed by atoms with Gasteiger partial charge in [-0.25, -0.2) is 0 Å². The van der Waals surface area contributed by atoms with E-state index in [1.807, 2.05) is 36.4 Å². The van der Waals surface area contributed by atoms with Crippen LogP contribution in [0.3, 0.4) is 0 Å². The zero-order valence-corrected chi connectivity index (χ0v) is 24.7. The number of rotatable bonds is 9. The maximum atomic E-state index is 12.6. The fourth-order valence-electron chi connectivity index (χ4n) is 3.78. The van der Waals surface area contributed by atoms with Crippen molar-refractivity contribution in [2.75, 3.05) is 37.2 Å². The van der Waals surface area contributed by atoms with Crippen LogP contribution in [0.15, 0.2) is 71.7 Å². The van der Waals surface area contributed by atoms with Crippen molar-refractivity contribution in [3.63, 3.8) is 0 Å². The molecule has 0 saturated carbocycles. The number of thioether (sulfide) groups is 1. The maximum Gasteiger partial charge on any atom is 0.290 e. The number of amidine groups is 1. The summed E-state index contributed by atoms with van der Waals surface area (Å²) in [5.74, 6) is -0.196. The average Bonchev–Trinajstić information content (AvgIpc) is 2.99. The molecule has 0 fully saturated rings. The number of nitrogens with one attached hydrogen (secondary N) is 4. The van der Waals surface area contributed by atoms with Crippen molar-refractivity contribution in [2.45, 2.75) is 6.42 Å². The number of hydrogen-bond acceptors (Lipinski definition) is 7. The molecule has 13 heteroatoms. The molecule has 0 unspecified atom stereocenters. The maximum absolute atomic E-state index is 12.6. The molecule has 0 atom stereocenters. The Bertz CT molecular complexity index is 1420. The Morgan fingerprint density at radius 1 is 0.881 bits per heavy atom. The van der Waals surface area contributed by atoms with Crippen LogP contribution in [0.2, 0.25) is 10.0 Å². The predicted molar refractivity (Wildman–Crippen MR) is 168 cm³/mol. The molecule has 4 rings (SSSR count). The van der Waals surface area contributed by atoms with E-state index in [1.54, 1.807) is 42.1 Å². The van der Waals surface area contributed by atoms with Crippen LogP contribution < -0.4 is 21.3 Å². The van der Waals surface area contributed by atoms with Crippen molar-refractivity contribution in [1.82, 2.24) is 16.0 Å². The fraction of sp³-hybridized carbons (Fsp3) is 0.207. The van der Waals surface area contributed by atoms with Crippen LogP contribution in [0, 0.1) is 0 Å². The summed E-state index contributed by atoms with van der Waals surface area (Å²) in [6.07, 6.45) is 1.05. The first-order valence-electron chi connectivity index (χ1n) is 12.8. The second kappa shape index (κ2) is 17.0. The van der Waals surface area contributed by atoms with E-state index in [-0.39, 0.29) is 53.5 Å². The van der Waals surface area contributed by atoms with Crippen molar-refractivity contribution in [3.8, 4) is 11.1 Å². The fourth-order valence-corrected chi connectivity index (χ4v) is 5.27. The van der Waals surface area contributed by atoms with E-state index < -0.39 is 5.91 Å². The van der Waals surface area contributed by atoms with Gasteiger partial charge in [0.05, 0.1) is 22.2 Å². The summed E-state index contributed by atoms with van der Waals surface area (Å²) in [6.45, 7) is 0.654. The molecule has 0 radical (unpaired) electrons. The van der Waals surface area contributed by atoms with Gasteiger partial charge in [0.2, 0.25) is 5.91 Å². The van der Waals surface area contributed by atoms with Gasteiger partial charge in [-0.05, 0) is 47.9 Å². The second-order valence-corrected chi connectivity index (χ2v) is 10.6. The number of carboxylic acid groups (broad SMARTS) is 1. The number of aliphatic imine (C=N–C) groups is 1. The first-order chi connectivity index (χ1) is 20.3. The third kappa shape index (κ3) is 10.1. The van der Waals surface area contributed by atoms with E-state index in [0.29, 0.717) is 5.56 Å². The minimum absolute atomic E-state index is 0.154. The Kier molecular flexibility index (Phi) is 13.2. The Labute approximate surface area is 257 Å². The van der Waals surface area contributed by atoms with E-state index >= 15 is 0 Å². The Hall–Kier alpha value is -4.06. The molecule has 220 valence electrons. The van der Waals surface area contributed by atoms with E-state index in [2.05, 4.69) is 26.3 Å². The quantitative estimate of drug-likeness (QED) is 0.172. The van der Waals surface area contributed by atoms with Crippen molar-refractivity contribution in [2.24, 2.45) is 4.99 Å². The number of halogens is 2. The molecule has 0 aromatic heterocycles. The minimum Gasteiger partial charge on any atom is -0.483 e. The lowest BCUT2D eigenvalue weighted by molar-refractivity contribution is -0.123. The molecule has 3 aromatic carbocycles. The van der Waals surface area contributed by atoms with Gasteiger partial charge in [0.1, 0.15) is 0 Å². The third-order valence-electron chi connectivity index (χ3n) is 5.69. The van der Waals surface area contributed by atoms with Gasteiger partial charge in [-0.3, -0.25) is 24.2 Å². The first-order valence-corrected chi connectivity index (χ1v) is 14.6. The van der Waals surface area contributed by atoms with Gasteiger partial charge >= 0.3 is 0 Å². The molecule has 0 bridgehead atoms. The molecular formula is C29H29Cl2N5O5S. The first kappa shape index (κ1) is 32.5. The highest BCUT2D eigenvalue weighted by molar-refractivity contribution is 8.14. The van der Waals surface area contributed by atoms with Crippen LogP contribution in [0.5, 0.6) is 0 Å². The standard InChI is InChI=1S/C28H27Cl2N5O3S.CH2O2/c29-22-15-20(18-6-2-1-3-7-18)16-23(30)25(22)27(38)32-12-11-31-24(36)17-34-26(37)19-8-4-9-21(14-19)35-28-33-10-5-13-39-28;2-1-3/h1-4,6-9,14-16H,5,10-13,17H2,(H,31,36)(H,32,38)(H,33,35)(H,34,37);1H,(H,2,3). The lowest BCUT2D eigenvalue weighted by Gasteiger charge is -2.14. The highest BCUT2D eigenvalue weighted by Gasteiger charge is 2.17. The van der Waals surface area contributed by atoms with Crippen LogP contribution in [-0.4, -0.2) is 66.4 Å². The summed E-state index contributed by atoms with van der Waals surface area (Å²) in [5.41, 5.74) is 3.08. The predicted octanol–water partition coefficient (Wildman–Crippen LogP) is 4.54. The number of hydrogen-bond donors (Lipinski definition) is 5. The molecule has 3 amide bonds. The lowest BCUT2D eigenvalue weighted by Crippen LogP contribution is -2.40. The molecular weight excluding hydrogens is 601 g/mol. The number of anilines is 1. The normalized spacial score (nSPS) is 12.1. The lowest BCUT2D eigenvalue weighted by atomic mass is 10.0. The van der Waals surface area contributed by atoms with Crippen LogP contribution in [0.25, 0.3) is 11.1 Å². The Morgan fingerprint density at radius 2 is 1.57 bits per heavy atom. The van der Waals surface area contributed by atoms with E-state index in [9.17, 15) is 14.4 Å². The third-order valence-corrected chi connectivity index (χ3v) is 7.28. The average molecular weight is 631 g/mol. The highest BCUT2D eigenvalue weighted by atomic mass is 35.5. The SMILES string of the molecule is O=C(CNC(=O)c1cccc(NC2=NCCCS2)c1)NCCNC(=O)c1c(Cl)cc(-c2ccccc2)cc1Cl.O=CO. The second-order valence-electron chi connectivity index (χ2n) is 8.67. The molecule has 1 aliphatic heterocycles. The largest absolute Gasteiger partial charge is 0.483 e. The zero-order chi connectivity index (χ0) is 30.3. The van der Waals surface area contributed by atoms with E-state index in [0.717, 1.165) is 40.7 Å². The van der Waals surface area contributed by atoms with Gasteiger partial charge in [-0.1, -0.05) is 71.4 Å². The summed E-state index contributed by atoms with van der Waals surface area (Å²) in [4.78, 5) is 50.1. The number of carbonyl (C=O) groups excluding carboxylic acids is 3. The molecule has 42 heavy (non-hydrogen) atoms. The van der Waals surface area contributed by atoms with E-state index in [1.165, 1.54) is 0 Å². The van der Waals surface area contributed by atoms with Crippen molar-refractivity contribution < 1.29 is 24.3 Å². The van der Waals surface area contributed by atoms with E-state index in [4.69, 9.17) is 33.1 Å². The summed E-state index contributed by atoms with van der Waals surface area (Å²) < 4.78 is 0. The Morgan fingerprint density at radius 3 is 2.24 bits per heavy atom. The molecule has 1 aliphatic rings. The summed E-state index contributed by atoms with van der Waals surface area (Å²) in [7, 11) is 0. The molecule has 5 N–H and O–H groups in total. The van der Waals surface area contributed by atoms with Crippen molar-refractivity contribution >= 4 is 70.0 Å². The summed E-state index contributed by atoms with van der Waals surface area (Å²) in [5, 5.41) is 19.4. The molecule has 10 nitrogen and oxygen atoms in total. The number of nitrogens with zero attached hydrogens (tertiary/aromatic N) is 1. The Balaban J connectivity index is 0.00000155. The van der Waals surface area contributed by atoms with Gasteiger partial charge in [-0.2, -0.15) is 0 Å².